The quantitative estimate of drug-likeness (QED) is 0.326. The van der Waals surface area contributed by atoms with Crippen LogP contribution >= 0.6 is 0 Å². The molecule has 0 fully saturated rings. The molecule has 4 aromatic carbocycles. The lowest BCUT2D eigenvalue weighted by molar-refractivity contribution is 0.415. The molecule has 0 aliphatic carbocycles. The summed E-state index contributed by atoms with van der Waals surface area (Å²) in [5.41, 5.74) is 7.30. The summed E-state index contributed by atoms with van der Waals surface area (Å²) in [6.45, 7) is 2.09. The van der Waals surface area contributed by atoms with E-state index < -0.39 is 0 Å². The highest BCUT2D eigenvalue weighted by molar-refractivity contribution is 5.94. The van der Waals surface area contributed by atoms with Crippen molar-refractivity contribution in [3.8, 4) is 39.5 Å². The molecule has 0 unspecified atom stereocenters. The summed E-state index contributed by atoms with van der Waals surface area (Å²) < 4.78 is 5.51. The van der Waals surface area contributed by atoms with Gasteiger partial charge in [-0.25, -0.2) is 9.97 Å². The molecule has 3 heteroatoms. The van der Waals surface area contributed by atoms with Gasteiger partial charge < -0.3 is 4.74 Å². The molecule has 1 aromatic heterocycles. The molecule has 0 N–H and O–H groups in total. The summed E-state index contributed by atoms with van der Waals surface area (Å²) >= 11 is 0. The van der Waals surface area contributed by atoms with Crippen LogP contribution in [0.4, 0.5) is 0 Å². The van der Waals surface area contributed by atoms with E-state index in [0.717, 1.165) is 44.6 Å². The number of hydrogen-bond acceptors (Lipinski definition) is 3. The van der Waals surface area contributed by atoms with Gasteiger partial charge in [-0.05, 0) is 42.3 Å². The van der Waals surface area contributed by atoms with Crippen LogP contribution < -0.4 is 4.74 Å². The number of methoxy groups -OCH3 is 1. The minimum Gasteiger partial charge on any atom is -0.497 e. The van der Waals surface area contributed by atoms with Gasteiger partial charge in [-0.2, -0.15) is 0 Å². The van der Waals surface area contributed by atoms with Crippen molar-refractivity contribution in [2.75, 3.05) is 7.11 Å². The molecule has 0 aliphatic rings. The summed E-state index contributed by atoms with van der Waals surface area (Å²) in [4.78, 5) is 9.99. The van der Waals surface area contributed by atoms with Crippen LogP contribution in [0.1, 0.15) is 5.56 Å². The van der Waals surface area contributed by atoms with E-state index in [0.29, 0.717) is 5.82 Å². The molecule has 5 aromatic rings. The molecule has 0 radical (unpaired) electrons. The van der Waals surface area contributed by atoms with E-state index in [4.69, 9.17) is 14.7 Å². The summed E-state index contributed by atoms with van der Waals surface area (Å²) in [6.07, 6.45) is 0. The topological polar surface area (TPSA) is 35.0 Å². The first-order chi connectivity index (χ1) is 15.2. The summed E-state index contributed by atoms with van der Waals surface area (Å²) in [6, 6.07) is 33.0. The highest BCUT2D eigenvalue weighted by atomic mass is 16.5. The lowest BCUT2D eigenvalue weighted by atomic mass is 9.97. The average Bonchev–Trinajstić information content (AvgIpc) is 2.84. The lowest BCUT2D eigenvalue weighted by Gasteiger charge is -2.14. The molecule has 31 heavy (non-hydrogen) atoms. The lowest BCUT2D eigenvalue weighted by Crippen LogP contribution is -1.97. The van der Waals surface area contributed by atoms with Gasteiger partial charge in [-0.3, -0.25) is 0 Å². The van der Waals surface area contributed by atoms with Crippen molar-refractivity contribution in [2.24, 2.45) is 0 Å². The number of hydrogen-bond donors (Lipinski definition) is 0. The zero-order valence-electron chi connectivity index (χ0n) is 17.5. The van der Waals surface area contributed by atoms with Crippen LogP contribution in [-0.2, 0) is 0 Å². The van der Waals surface area contributed by atoms with Gasteiger partial charge >= 0.3 is 0 Å². The van der Waals surface area contributed by atoms with Crippen molar-refractivity contribution in [1.82, 2.24) is 9.97 Å². The van der Waals surface area contributed by atoms with Crippen LogP contribution in [0.2, 0.25) is 0 Å². The minimum atomic E-state index is 0.704. The molecule has 0 saturated carbocycles. The zero-order valence-corrected chi connectivity index (χ0v) is 17.5. The van der Waals surface area contributed by atoms with Gasteiger partial charge in [0.05, 0.1) is 18.3 Å². The molecule has 150 valence electrons. The Morgan fingerprint density at radius 2 is 1.39 bits per heavy atom. The number of aromatic nitrogens is 2. The molecule has 0 amide bonds. The van der Waals surface area contributed by atoms with E-state index in [1.807, 2.05) is 48.5 Å². The van der Waals surface area contributed by atoms with Crippen LogP contribution in [-0.4, -0.2) is 17.1 Å². The Hall–Kier alpha value is -3.98. The largest absolute Gasteiger partial charge is 0.497 e. The Bertz CT molecular complexity index is 1360. The van der Waals surface area contributed by atoms with Crippen molar-refractivity contribution in [1.29, 1.82) is 0 Å². The van der Waals surface area contributed by atoms with Gasteiger partial charge in [0, 0.05) is 16.5 Å². The van der Waals surface area contributed by atoms with E-state index in [2.05, 4.69) is 55.5 Å². The van der Waals surface area contributed by atoms with Crippen LogP contribution in [0.5, 0.6) is 5.75 Å². The Morgan fingerprint density at radius 3 is 2.16 bits per heavy atom. The monoisotopic (exact) mass is 402 g/mol. The Morgan fingerprint density at radius 1 is 0.645 bits per heavy atom. The number of para-hydroxylation sites is 1. The van der Waals surface area contributed by atoms with Gasteiger partial charge in [-0.1, -0.05) is 78.4 Å². The van der Waals surface area contributed by atoms with E-state index in [9.17, 15) is 0 Å². The first-order valence-corrected chi connectivity index (χ1v) is 10.3. The highest BCUT2D eigenvalue weighted by Crippen LogP contribution is 2.36. The molecule has 5 rings (SSSR count). The predicted octanol–water partition coefficient (Wildman–Crippen LogP) is 6.95. The summed E-state index contributed by atoms with van der Waals surface area (Å²) in [5, 5.41) is 1.04. The Labute approximate surface area is 182 Å². The SMILES string of the molecule is COc1ccc(-c2nc(-c3ccccc3)c3ccccc3n2)c(-c2ccc(C)cc2)c1. The molecule has 3 nitrogen and oxygen atoms in total. The second kappa shape index (κ2) is 8.04. The third-order valence-electron chi connectivity index (χ3n) is 5.48. The van der Waals surface area contributed by atoms with Gasteiger partial charge in [-0.15, -0.1) is 0 Å². The Kier molecular flexibility index (Phi) is 4.93. The number of benzene rings is 4. The fourth-order valence-corrected chi connectivity index (χ4v) is 3.83. The van der Waals surface area contributed by atoms with Crippen molar-refractivity contribution >= 4 is 10.9 Å². The molecular weight excluding hydrogens is 380 g/mol. The molecule has 0 bridgehead atoms. The molecule has 0 aliphatic heterocycles. The van der Waals surface area contributed by atoms with Crippen LogP contribution in [0.15, 0.2) is 97.1 Å². The third kappa shape index (κ3) is 3.66. The van der Waals surface area contributed by atoms with E-state index in [1.165, 1.54) is 5.56 Å². The number of rotatable bonds is 4. The summed E-state index contributed by atoms with van der Waals surface area (Å²) in [5.74, 6) is 1.51. The first kappa shape index (κ1) is 19.0. The van der Waals surface area contributed by atoms with Crippen molar-refractivity contribution < 1.29 is 4.74 Å². The highest BCUT2D eigenvalue weighted by Gasteiger charge is 2.15. The van der Waals surface area contributed by atoms with Gasteiger partial charge in [0.25, 0.3) is 0 Å². The fourth-order valence-electron chi connectivity index (χ4n) is 3.83. The van der Waals surface area contributed by atoms with Crippen molar-refractivity contribution in [3.05, 3.63) is 103 Å². The fraction of sp³-hybridized carbons (Fsp3) is 0.0714. The maximum atomic E-state index is 5.51. The molecule has 1 heterocycles. The normalized spacial score (nSPS) is 10.9. The minimum absolute atomic E-state index is 0.704. The number of nitrogens with zero attached hydrogens (tertiary/aromatic N) is 2. The maximum absolute atomic E-state index is 5.51. The molecular formula is C28H22N2O. The smallest absolute Gasteiger partial charge is 0.161 e. The number of aryl methyl sites for hydroxylation is 1. The van der Waals surface area contributed by atoms with Gasteiger partial charge in [0.15, 0.2) is 5.82 Å². The molecule has 0 spiro atoms. The zero-order chi connectivity index (χ0) is 21.2. The number of ether oxygens (including phenoxy) is 1. The van der Waals surface area contributed by atoms with Crippen molar-refractivity contribution in [3.63, 3.8) is 0 Å². The van der Waals surface area contributed by atoms with Crippen molar-refractivity contribution in [2.45, 2.75) is 6.92 Å². The van der Waals surface area contributed by atoms with Crippen LogP contribution in [0.25, 0.3) is 44.7 Å². The third-order valence-corrected chi connectivity index (χ3v) is 5.48. The standard InChI is InChI=1S/C28H22N2O/c1-19-12-14-20(15-13-19)25-18-22(31-2)16-17-23(25)28-29-26-11-7-6-10-24(26)27(30-28)21-8-4-3-5-9-21/h3-18H,1-2H3. The number of fused-ring (bicyclic) bond motifs is 1. The second-order valence-electron chi connectivity index (χ2n) is 7.56. The van der Waals surface area contributed by atoms with Crippen LogP contribution in [0, 0.1) is 6.92 Å². The predicted molar refractivity (Wildman–Crippen MR) is 127 cm³/mol. The van der Waals surface area contributed by atoms with E-state index >= 15 is 0 Å². The second-order valence-corrected chi connectivity index (χ2v) is 7.56. The maximum Gasteiger partial charge on any atom is 0.161 e. The summed E-state index contributed by atoms with van der Waals surface area (Å²) in [7, 11) is 1.69. The Balaban J connectivity index is 1.78. The molecule has 0 atom stereocenters. The van der Waals surface area contributed by atoms with Crippen LogP contribution in [0.3, 0.4) is 0 Å². The average molecular weight is 402 g/mol. The van der Waals surface area contributed by atoms with Gasteiger partial charge in [0.1, 0.15) is 5.75 Å². The first-order valence-electron chi connectivity index (χ1n) is 10.3. The van der Waals surface area contributed by atoms with Gasteiger partial charge in [0.2, 0.25) is 0 Å². The van der Waals surface area contributed by atoms with E-state index in [1.54, 1.807) is 7.11 Å². The van der Waals surface area contributed by atoms with E-state index in [-0.39, 0.29) is 0 Å². The molecule has 0 saturated heterocycles.